The van der Waals surface area contributed by atoms with Gasteiger partial charge in [0.2, 0.25) is 0 Å². The van der Waals surface area contributed by atoms with Crippen LogP contribution in [-0.2, 0) is 14.3 Å². The average Bonchev–Trinajstić information content (AvgIpc) is 2.83. The van der Waals surface area contributed by atoms with Crippen molar-refractivity contribution in [2.75, 3.05) is 7.11 Å². The van der Waals surface area contributed by atoms with Gasteiger partial charge in [-0.3, -0.25) is 0 Å². The Morgan fingerprint density at radius 1 is 1.23 bits per heavy atom. The highest BCUT2D eigenvalue weighted by Crippen LogP contribution is 2.34. The van der Waals surface area contributed by atoms with Crippen LogP contribution in [0.3, 0.4) is 0 Å². The standard InChI is InChI=1S/C21H32O5/c1-14-7-6-11-21(4,25-5)18(22)10-12-20(3,24)13-17-16(9-8-14)15(2)19(23)26-17/h7,13,18,22,24H,6,8-12H2,1-5H3. The van der Waals surface area contributed by atoms with Crippen LogP contribution in [0.4, 0.5) is 0 Å². The third-order valence-electron chi connectivity index (χ3n) is 5.70. The van der Waals surface area contributed by atoms with Crippen molar-refractivity contribution in [3.8, 4) is 0 Å². The second-order valence-electron chi connectivity index (χ2n) is 8.02. The van der Waals surface area contributed by atoms with Crippen molar-refractivity contribution in [3.63, 3.8) is 0 Å². The summed E-state index contributed by atoms with van der Waals surface area (Å²) in [4.78, 5) is 12.0. The number of methoxy groups -OCH3 is 1. The molecule has 3 unspecified atom stereocenters. The van der Waals surface area contributed by atoms with Crippen molar-refractivity contribution in [3.05, 3.63) is 34.6 Å². The van der Waals surface area contributed by atoms with E-state index in [2.05, 4.69) is 13.0 Å². The monoisotopic (exact) mass is 364 g/mol. The van der Waals surface area contributed by atoms with Gasteiger partial charge in [0, 0.05) is 18.3 Å². The van der Waals surface area contributed by atoms with Crippen LogP contribution >= 0.6 is 0 Å². The van der Waals surface area contributed by atoms with Gasteiger partial charge in [-0.1, -0.05) is 11.6 Å². The Morgan fingerprint density at radius 3 is 2.58 bits per heavy atom. The Hall–Kier alpha value is -1.43. The summed E-state index contributed by atoms with van der Waals surface area (Å²) in [6.07, 6.45) is 6.83. The number of aliphatic hydroxyl groups excluding tert-OH is 1. The quantitative estimate of drug-likeness (QED) is 0.550. The van der Waals surface area contributed by atoms with E-state index in [9.17, 15) is 15.0 Å². The molecule has 5 heteroatoms. The van der Waals surface area contributed by atoms with E-state index in [4.69, 9.17) is 9.47 Å². The molecular formula is C21H32O5. The molecule has 0 aromatic carbocycles. The fourth-order valence-corrected chi connectivity index (χ4v) is 3.50. The van der Waals surface area contributed by atoms with Crippen molar-refractivity contribution in [1.82, 2.24) is 0 Å². The maximum atomic E-state index is 12.0. The average molecular weight is 364 g/mol. The summed E-state index contributed by atoms with van der Waals surface area (Å²) in [6, 6.07) is 0. The summed E-state index contributed by atoms with van der Waals surface area (Å²) >= 11 is 0. The fourth-order valence-electron chi connectivity index (χ4n) is 3.50. The molecule has 5 nitrogen and oxygen atoms in total. The van der Waals surface area contributed by atoms with Crippen molar-refractivity contribution in [2.45, 2.75) is 83.5 Å². The highest BCUT2D eigenvalue weighted by atomic mass is 16.5. The zero-order valence-electron chi connectivity index (χ0n) is 16.6. The van der Waals surface area contributed by atoms with Gasteiger partial charge >= 0.3 is 5.97 Å². The molecule has 146 valence electrons. The van der Waals surface area contributed by atoms with Crippen molar-refractivity contribution >= 4 is 5.97 Å². The molecular weight excluding hydrogens is 332 g/mol. The SMILES string of the molecule is COC1(C)CCC=C(C)CCC2=C(C)C(=O)OC2=CC(C)(O)CCC1O. The molecule has 2 aliphatic rings. The molecule has 0 amide bonds. The van der Waals surface area contributed by atoms with E-state index in [1.54, 1.807) is 27.0 Å². The van der Waals surface area contributed by atoms with E-state index < -0.39 is 17.3 Å². The zero-order chi connectivity index (χ0) is 19.5. The predicted molar refractivity (Wildman–Crippen MR) is 100 cm³/mol. The second-order valence-corrected chi connectivity index (χ2v) is 8.02. The maximum absolute atomic E-state index is 12.0. The van der Waals surface area contributed by atoms with Gasteiger partial charge in [0.15, 0.2) is 0 Å². The molecule has 1 aliphatic heterocycles. The first-order valence-corrected chi connectivity index (χ1v) is 9.34. The van der Waals surface area contributed by atoms with Crippen LogP contribution in [0.5, 0.6) is 0 Å². The Morgan fingerprint density at radius 2 is 1.92 bits per heavy atom. The normalized spacial score (nSPS) is 34.6. The molecule has 0 fully saturated rings. The van der Waals surface area contributed by atoms with Crippen LogP contribution in [0.15, 0.2) is 34.6 Å². The van der Waals surface area contributed by atoms with Gasteiger partial charge in [0.05, 0.1) is 17.3 Å². The molecule has 3 atom stereocenters. The topological polar surface area (TPSA) is 76.0 Å². The van der Waals surface area contributed by atoms with Gasteiger partial charge in [0.1, 0.15) is 5.76 Å². The first-order valence-electron chi connectivity index (χ1n) is 9.34. The van der Waals surface area contributed by atoms with E-state index in [-0.39, 0.29) is 5.97 Å². The van der Waals surface area contributed by atoms with E-state index in [1.165, 1.54) is 5.57 Å². The summed E-state index contributed by atoms with van der Waals surface area (Å²) in [7, 11) is 1.61. The van der Waals surface area contributed by atoms with Crippen LogP contribution in [0.2, 0.25) is 0 Å². The van der Waals surface area contributed by atoms with Crippen LogP contribution in [0.25, 0.3) is 0 Å². The van der Waals surface area contributed by atoms with Crippen molar-refractivity contribution in [1.29, 1.82) is 0 Å². The molecule has 0 saturated carbocycles. The Kier molecular flexibility index (Phi) is 6.48. The second kappa shape index (κ2) is 8.07. The summed E-state index contributed by atoms with van der Waals surface area (Å²) in [6.45, 7) is 7.42. The number of esters is 1. The summed E-state index contributed by atoms with van der Waals surface area (Å²) in [5, 5.41) is 21.4. The molecule has 2 rings (SSSR count). The highest BCUT2D eigenvalue weighted by Gasteiger charge is 2.35. The molecule has 1 heterocycles. The maximum Gasteiger partial charge on any atom is 0.339 e. The molecule has 0 bridgehead atoms. The van der Waals surface area contributed by atoms with Gasteiger partial charge < -0.3 is 19.7 Å². The minimum absolute atomic E-state index is 0.343. The number of allylic oxidation sites excluding steroid dienone is 3. The molecule has 2 N–H and O–H groups in total. The van der Waals surface area contributed by atoms with E-state index >= 15 is 0 Å². The minimum atomic E-state index is -1.18. The number of carbonyl (C=O) groups excluding carboxylic acids is 1. The zero-order valence-corrected chi connectivity index (χ0v) is 16.6. The van der Waals surface area contributed by atoms with Gasteiger partial charge in [-0.15, -0.1) is 0 Å². The van der Waals surface area contributed by atoms with Gasteiger partial charge in [-0.25, -0.2) is 4.79 Å². The lowest BCUT2D eigenvalue weighted by atomic mass is 9.85. The smallest absolute Gasteiger partial charge is 0.339 e. The number of ether oxygens (including phenoxy) is 2. The van der Waals surface area contributed by atoms with Crippen molar-refractivity contribution < 1.29 is 24.5 Å². The number of fused-ring (bicyclic) bond motifs is 1. The van der Waals surface area contributed by atoms with Crippen LogP contribution in [0, 0.1) is 0 Å². The largest absolute Gasteiger partial charge is 0.423 e. The first-order chi connectivity index (χ1) is 12.1. The lowest BCUT2D eigenvalue weighted by molar-refractivity contribution is -0.133. The Bertz CT molecular complexity index is 641. The molecule has 0 aromatic heterocycles. The molecule has 0 saturated heterocycles. The number of carbonyl (C=O) groups is 1. The van der Waals surface area contributed by atoms with Crippen LogP contribution in [-0.4, -0.2) is 40.6 Å². The first kappa shape index (κ1) is 20.9. The van der Waals surface area contributed by atoms with Gasteiger partial charge in [-0.2, -0.15) is 0 Å². The number of rotatable bonds is 1. The summed E-state index contributed by atoms with van der Waals surface area (Å²) in [5.41, 5.74) is 0.851. The molecule has 0 aromatic rings. The van der Waals surface area contributed by atoms with E-state index in [0.29, 0.717) is 37.0 Å². The molecule has 26 heavy (non-hydrogen) atoms. The van der Waals surface area contributed by atoms with E-state index in [1.807, 2.05) is 6.92 Å². The highest BCUT2D eigenvalue weighted by molar-refractivity contribution is 5.93. The molecule has 1 aliphatic carbocycles. The third kappa shape index (κ3) is 4.84. The third-order valence-corrected chi connectivity index (χ3v) is 5.70. The lowest BCUT2D eigenvalue weighted by Gasteiger charge is -2.34. The van der Waals surface area contributed by atoms with Gasteiger partial charge in [-0.05, 0) is 72.3 Å². The molecule has 0 spiro atoms. The Balaban J connectivity index is 2.35. The predicted octanol–water partition coefficient (Wildman–Crippen LogP) is 3.56. The van der Waals surface area contributed by atoms with Crippen molar-refractivity contribution in [2.24, 2.45) is 0 Å². The minimum Gasteiger partial charge on any atom is -0.423 e. The Labute approximate surface area is 156 Å². The van der Waals surface area contributed by atoms with Gasteiger partial charge in [0.25, 0.3) is 0 Å². The number of hydrogen-bond acceptors (Lipinski definition) is 5. The number of hydrogen-bond donors (Lipinski definition) is 2. The van der Waals surface area contributed by atoms with Crippen LogP contribution < -0.4 is 0 Å². The van der Waals surface area contributed by atoms with E-state index in [0.717, 1.165) is 18.4 Å². The molecule has 0 radical (unpaired) electrons. The lowest BCUT2D eigenvalue weighted by Crippen LogP contribution is -2.42. The number of aliphatic hydroxyl groups is 2. The fraction of sp³-hybridized carbons (Fsp3) is 0.667. The summed E-state index contributed by atoms with van der Waals surface area (Å²) in [5.74, 6) is 0.103. The van der Waals surface area contributed by atoms with Crippen LogP contribution in [0.1, 0.15) is 66.2 Å². The summed E-state index contributed by atoms with van der Waals surface area (Å²) < 4.78 is 11.0.